The first-order valence-corrected chi connectivity index (χ1v) is 9.78. The van der Waals surface area contributed by atoms with E-state index >= 15 is 0 Å². The first-order valence-electron chi connectivity index (χ1n) is 9.78. The fourth-order valence-corrected chi connectivity index (χ4v) is 4.11. The first-order chi connectivity index (χ1) is 13.9. The molecule has 1 aliphatic heterocycles. The van der Waals surface area contributed by atoms with Gasteiger partial charge in [0, 0.05) is 18.8 Å². The van der Waals surface area contributed by atoms with Crippen molar-refractivity contribution in [2.75, 3.05) is 13.1 Å². The van der Waals surface area contributed by atoms with Gasteiger partial charge in [0.15, 0.2) is 0 Å². The van der Waals surface area contributed by atoms with Crippen molar-refractivity contribution in [2.24, 2.45) is 5.92 Å². The number of nitrogens with zero attached hydrogens (tertiary/aromatic N) is 3. The second-order valence-corrected chi connectivity index (χ2v) is 7.66. The number of carbonyl (C=O) groups excluding carboxylic acids is 1. The number of hydrogen-bond donors (Lipinski definition) is 1. The second kappa shape index (κ2) is 7.66. The third kappa shape index (κ3) is 3.72. The summed E-state index contributed by atoms with van der Waals surface area (Å²) in [6, 6.07) is 8.95. The molecule has 29 heavy (non-hydrogen) atoms. The zero-order valence-electron chi connectivity index (χ0n) is 16.5. The van der Waals surface area contributed by atoms with Crippen molar-refractivity contribution >= 4 is 23.0 Å². The Morgan fingerprint density at radius 3 is 2.62 bits per heavy atom. The zero-order valence-corrected chi connectivity index (χ0v) is 16.5. The van der Waals surface area contributed by atoms with E-state index in [1.165, 1.54) is 0 Å². The summed E-state index contributed by atoms with van der Waals surface area (Å²) in [6.45, 7) is 4.93. The molecule has 7 heteroatoms. The van der Waals surface area contributed by atoms with Crippen molar-refractivity contribution in [3.05, 3.63) is 58.4 Å². The van der Waals surface area contributed by atoms with Crippen LogP contribution in [0.25, 0.3) is 11.1 Å². The number of aromatic nitrogens is 2. The lowest BCUT2D eigenvalue weighted by molar-refractivity contribution is 0.0692. The maximum absolute atomic E-state index is 13.2. The predicted octanol–water partition coefficient (Wildman–Crippen LogP) is 3.63. The minimum Gasteiger partial charge on any atom is -0.478 e. The highest BCUT2D eigenvalue weighted by atomic mass is 16.5. The van der Waals surface area contributed by atoms with E-state index in [1.807, 2.05) is 30.9 Å². The molecule has 1 saturated heterocycles. The van der Waals surface area contributed by atoms with Crippen molar-refractivity contribution < 1.29 is 19.2 Å². The molecule has 0 saturated carbocycles. The van der Waals surface area contributed by atoms with E-state index in [1.54, 1.807) is 18.2 Å². The van der Waals surface area contributed by atoms with E-state index in [2.05, 4.69) is 10.1 Å². The minimum atomic E-state index is -0.894. The van der Waals surface area contributed by atoms with Gasteiger partial charge in [-0.2, -0.15) is 0 Å². The number of carboxylic acids is 1. The summed E-state index contributed by atoms with van der Waals surface area (Å²) >= 11 is 0. The Bertz CT molecular complexity index is 1080. The van der Waals surface area contributed by atoms with Crippen LogP contribution >= 0.6 is 0 Å². The van der Waals surface area contributed by atoms with Crippen molar-refractivity contribution in [3.8, 4) is 0 Å². The molecule has 1 amide bonds. The maximum atomic E-state index is 13.2. The number of fused-ring (bicyclic) bond motifs is 1. The number of aromatic carboxylic acids is 1. The van der Waals surface area contributed by atoms with Gasteiger partial charge in [0.05, 0.1) is 22.2 Å². The van der Waals surface area contributed by atoms with Gasteiger partial charge in [-0.05, 0) is 56.7 Å². The first kappa shape index (κ1) is 19.1. The second-order valence-electron chi connectivity index (χ2n) is 7.66. The topological polar surface area (TPSA) is 96.5 Å². The Hall–Kier alpha value is -3.22. The highest BCUT2D eigenvalue weighted by Crippen LogP contribution is 2.27. The van der Waals surface area contributed by atoms with Crippen LogP contribution < -0.4 is 0 Å². The normalized spacial score (nSPS) is 15.0. The number of likely N-dealkylation sites (tertiary alicyclic amines) is 1. The van der Waals surface area contributed by atoms with E-state index in [0.717, 1.165) is 24.1 Å². The van der Waals surface area contributed by atoms with Crippen LogP contribution in [-0.4, -0.2) is 45.1 Å². The number of amides is 1. The van der Waals surface area contributed by atoms with Gasteiger partial charge in [-0.1, -0.05) is 23.4 Å². The molecule has 2 aromatic heterocycles. The lowest BCUT2D eigenvalue weighted by Gasteiger charge is -2.32. The van der Waals surface area contributed by atoms with E-state index in [0.29, 0.717) is 53.3 Å². The van der Waals surface area contributed by atoms with Crippen LogP contribution in [0.5, 0.6) is 0 Å². The molecular weight excluding hydrogens is 370 g/mol. The van der Waals surface area contributed by atoms with Crippen molar-refractivity contribution in [3.63, 3.8) is 0 Å². The van der Waals surface area contributed by atoms with E-state index in [4.69, 9.17) is 4.52 Å². The number of aryl methyl sites for hydroxylation is 2. The van der Waals surface area contributed by atoms with Gasteiger partial charge in [0.25, 0.3) is 11.6 Å². The Labute approximate surface area is 168 Å². The van der Waals surface area contributed by atoms with Crippen molar-refractivity contribution in [1.29, 1.82) is 0 Å². The molecule has 0 aliphatic carbocycles. The monoisotopic (exact) mass is 393 g/mol. The van der Waals surface area contributed by atoms with Gasteiger partial charge >= 0.3 is 5.97 Å². The molecule has 3 heterocycles. The largest absolute Gasteiger partial charge is 0.478 e. The molecule has 1 aliphatic rings. The van der Waals surface area contributed by atoms with Crippen LogP contribution in [0.3, 0.4) is 0 Å². The van der Waals surface area contributed by atoms with E-state index in [9.17, 15) is 14.7 Å². The molecule has 1 fully saturated rings. The molecular formula is C22H23N3O4. The van der Waals surface area contributed by atoms with Gasteiger partial charge in [-0.3, -0.25) is 4.79 Å². The quantitative estimate of drug-likeness (QED) is 0.727. The molecule has 0 spiro atoms. The van der Waals surface area contributed by atoms with Crippen LogP contribution in [0.2, 0.25) is 0 Å². The predicted molar refractivity (Wildman–Crippen MR) is 107 cm³/mol. The average molecular weight is 393 g/mol. The third-order valence-corrected chi connectivity index (χ3v) is 5.63. The lowest BCUT2D eigenvalue weighted by Crippen LogP contribution is -2.39. The fraction of sp³-hybridized carbons (Fsp3) is 0.364. The molecule has 0 bridgehead atoms. The van der Waals surface area contributed by atoms with Crippen LogP contribution in [-0.2, 0) is 6.42 Å². The summed E-state index contributed by atoms with van der Waals surface area (Å²) in [6.07, 6.45) is 2.40. The Kier molecular flexibility index (Phi) is 5.05. The van der Waals surface area contributed by atoms with Crippen LogP contribution in [0, 0.1) is 19.8 Å². The summed E-state index contributed by atoms with van der Waals surface area (Å²) in [5.41, 5.74) is 3.58. The van der Waals surface area contributed by atoms with Gasteiger partial charge in [-0.15, -0.1) is 0 Å². The van der Waals surface area contributed by atoms with Crippen molar-refractivity contribution in [1.82, 2.24) is 15.0 Å². The number of carbonyl (C=O) groups is 2. The number of rotatable bonds is 4. The molecule has 7 nitrogen and oxygen atoms in total. The Balaban J connectivity index is 1.47. The lowest BCUT2D eigenvalue weighted by atomic mass is 9.88. The number of benzene rings is 1. The molecule has 4 rings (SSSR count). The minimum absolute atomic E-state index is 0.0313. The molecule has 1 aromatic carbocycles. The number of carboxylic acid groups (broad SMARTS) is 1. The number of piperidine rings is 1. The van der Waals surface area contributed by atoms with E-state index in [-0.39, 0.29) is 5.91 Å². The third-order valence-electron chi connectivity index (χ3n) is 5.63. The van der Waals surface area contributed by atoms with Gasteiger partial charge in [0.1, 0.15) is 0 Å². The van der Waals surface area contributed by atoms with Gasteiger partial charge < -0.3 is 14.5 Å². The van der Waals surface area contributed by atoms with E-state index < -0.39 is 5.97 Å². The van der Waals surface area contributed by atoms with Gasteiger partial charge in [0.2, 0.25) is 0 Å². The fourth-order valence-electron chi connectivity index (χ4n) is 4.11. The Morgan fingerprint density at radius 1 is 1.17 bits per heavy atom. The van der Waals surface area contributed by atoms with Crippen molar-refractivity contribution in [2.45, 2.75) is 33.1 Å². The van der Waals surface area contributed by atoms with Crippen LogP contribution in [0.15, 0.2) is 34.9 Å². The average Bonchev–Trinajstić information content (AvgIpc) is 3.08. The van der Waals surface area contributed by atoms with Crippen LogP contribution in [0.1, 0.15) is 50.5 Å². The van der Waals surface area contributed by atoms with Gasteiger partial charge in [-0.25, -0.2) is 9.78 Å². The summed E-state index contributed by atoms with van der Waals surface area (Å²) in [5.74, 6) is -0.568. The summed E-state index contributed by atoms with van der Waals surface area (Å²) in [7, 11) is 0. The number of hydrogen-bond acceptors (Lipinski definition) is 5. The maximum Gasteiger partial charge on any atom is 0.335 e. The number of pyridine rings is 1. The summed E-state index contributed by atoms with van der Waals surface area (Å²) < 4.78 is 5.24. The summed E-state index contributed by atoms with van der Waals surface area (Å²) in [4.78, 5) is 30.8. The molecule has 0 radical (unpaired) electrons. The van der Waals surface area contributed by atoms with Crippen LogP contribution in [0.4, 0.5) is 0 Å². The zero-order chi connectivity index (χ0) is 20.5. The summed E-state index contributed by atoms with van der Waals surface area (Å²) in [5, 5.41) is 14.0. The highest BCUT2D eigenvalue weighted by Gasteiger charge is 2.27. The Morgan fingerprint density at radius 2 is 1.90 bits per heavy atom. The standard InChI is InChI=1S/C22H23N3O4/c1-13-11-18(19-14(2)24-29-20(19)23-13)21(26)25-9-7-15(8-10-25)12-16-5-3-4-6-17(16)22(27)28/h3-6,11,15H,7-10,12H2,1-2H3,(H,27,28). The molecule has 0 atom stereocenters. The SMILES string of the molecule is Cc1cc(C(=O)N2CCC(Cc3ccccc3C(=O)O)CC2)c2c(C)noc2n1. The molecule has 3 aromatic rings. The molecule has 0 unspecified atom stereocenters. The highest BCUT2D eigenvalue weighted by molar-refractivity contribution is 6.06. The molecule has 150 valence electrons. The molecule has 1 N–H and O–H groups in total. The smallest absolute Gasteiger partial charge is 0.335 e.